The largest absolute Gasteiger partial charge is 0.340 e. The molecule has 0 aromatic carbocycles. The van der Waals surface area contributed by atoms with E-state index in [2.05, 4.69) is 4.98 Å². The zero-order chi connectivity index (χ0) is 10.4. The van der Waals surface area contributed by atoms with Crippen molar-refractivity contribution >= 4 is 17.5 Å². The van der Waals surface area contributed by atoms with Crippen molar-refractivity contribution in [3.8, 4) is 0 Å². The lowest BCUT2D eigenvalue weighted by Crippen LogP contribution is -2.26. The van der Waals surface area contributed by atoms with Crippen LogP contribution in [0.15, 0.2) is 24.4 Å². The molecule has 76 valence electrons. The fourth-order valence-corrected chi connectivity index (χ4v) is 1.26. The minimum Gasteiger partial charge on any atom is -0.340 e. The van der Waals surface area contributed by atoms with Crippen LogP contribution < -0.4 is 0 Å². The van der Waals surface area contributed by atoms with Crippen molar-refractivity contribution in [1.29, 1.82) is 0 Å². The van der Waals surface area contributed by atoms with Crippen LogP contribution in [0.2, 0.25) is 0 Å². The molecule has 0 aliphatic rings. The fourth-order valence-electron chi connectivity index (χ4n) is 1.09. The van der Waals surface area contributed by atoms with E-state index in [1.54, 1.807) is 18.1 Å². The second kappa shape index (κ2) is 5.60. The van der Waals surface area contributed by atoms with E-state index in [1.807, 2.05) is 18.2 Å². The first-order valence-corrected chi connectivity index (χ1v) is 4.97. The van der Waals surface area contributed by atoms with E-state index in [-0.39, 0.29) is 5.91 Å². The van der Waals surface area contributed by atoms with Gasteiger partial charge in [-0.2, -0.15) is 0 Å². The summed E-state index contributed by atoms with van der Waals surface area (Å²) in [5.74, 6) is 0.413. The zero-order valence-electron chi connectivity index (χ0n) is 8.11. The van der Waals surface area contributed by atoms with Gasteiger partial charge in [0, 0.05) is 25.5 Å². The first-order valence-electron chi connectivity index (χ1n) is 4.44. The summed E-state index contributed by atoms with van der Waals surface area (Å²) in [6.45, 7) is 0.538. The number of amides is 1. The number of nitrogens with zero attached hydrogens (tertiary/aromatic N) is 2. The van der Waals surface area contributed by atoms with Gasteiger partial charge in [0.2, 0.25) is 5.91 Å². The standard InChI is InChI=1S/C10H13ClN2O/c1-13(10(14)5-6-11)8-9-4-2-3-7-12-9/h2-4,7H,5-6,8H2,1H3. The zero-order valence-corrected chi connectivity index (χ0v) is 8.87. The number of hydrogen-bond acceptors (Lipinski definition) is 2. The minimum atomic E-state index is 0.0469. The molecule has 0 spiro atoms. The third-order valence-electron chi connectivity index (χ3n) is 1.86. The Labute approximate surface area is 88.7 Å². The molecule has 0 aliphatic carbocycles. The van der Waals surface area contributed by atoms with Gasteiger partial charge in [0.25, 0.3) is 0 Å². The molecule has 0 saturated carbocycles. The van der Waals surface area contributed by atoms with E-state index >= 15 is 0 Å². The van der Waals surface area contributed by atoms with E-state index in [9.17, 15) is 4.79 Å². The van der Waals surface area contributed by atoms with Gasteiger partial charge in [0.1, 0.15) is 0 Å². The summed E-state index contributed by atoms with van der Waals surface area (Å²) in [4.78, 5) is 17.1. The van der Waals surface area contributed by atoms with Crippen LogP contribution in [0, 0.1) is 0 Å². The third kappa shape index (κ3) is 3.34. The Kier molecular flexibility index (Phi) is 4.40. The second-order valence-electron chi connectivity index (χ2n) is 3.01. The van der Waals surface area contributed by atoms with Gasteiger partial charge in [-0.25, -0.2) is 0 Å². The Morgan fingerprint density at radius 3 is 2.93 bits per heavy atom. The lowest BCUT2D eigenvalue weighted by atomic mass is 10.3. The number of alkyl halides is 1. The highest BCUT2D eigenvalue weighted by molar-refractivity contribution is 6.18. The molecule has 1 rings (SSSR count). The fraction of sp³-hybridized carbons (Fsp3) is 0.400. The molecular formula is C10H13ClN2O. The summed E-state index contributed by atoms with van der Waals surface area (Å²) >= 11 is 5.48. The van der Waals surface area contributed by atoms with Crippen molar-refractivity contribution in [2.45, 2.75) is 13.0 Å². The van der Waals surface area contributed by atoms with Crippen LogP contribution in [0.1, 0.15) is 12.1 Å². The van der Waals surface area contributed by atoms with Crippen LogP contribution in [-0.4, -0.2) is 28.7 Å². The molecule has 1 aromatic rings. The minimum absolute atomic E-state index is 0.0469. The maximum absolute atomic E-state index is 11.4. The summed E-state index contributed by atoms with van der Waals surface area (Å²) in [6, 6.07) is 5.65. The Morgan fingerprint density at radius 2 is 2.36 bits per heavy atom. The predicted octanol–water partition coefficient (Wildman–Crippen LogP) is 1.67. The molecular weight excluding hydrogens is 200 g/mol. The molecule has 0 saturated heterocycles. The Balaban J connectivity index is 2.49. The first-order chi connectivity index (χ1) is 6.74. The predicted molar refractivity (Wildman–Crippen MR) is 56.0 cm³/mol. The summed E-state index contributed by atoms with van der Waals surface area (Å²) in [6.07, 6.45) is 2.10. The normalized spacial score (nSPS) is 9.86. The number of aromatic nitrogens is 1. The van der Waals surface area contributed by atoms with Crippen LogP contribution >= 0.6 is 11.6 Å². The Hall–Kier alpha value is -1.09. The molecule has 0 bridgehead atoms. The number of carbonyl (C=O) groups is 1. The Bertz CT molecular complexity index is 289. The SMILES string of the molecule is CN(Cc1ccccn1)C(=O)CCCl. The molecule has 0 atom stereocenters. The monoisotopic (exact) mass is 212 g/mol. The number of hydrogen-bond donors (Lipinski definition) is 0. The summed E-state index contributed by atoms with van der Waals surface area (Å²) in [5.41, 5.74) is 0.887. The lowest BCUT2D eigenvalue weighted by Gasteiger charge is -2.15. The van der Waals surface area contributed by atoms with Crippen LogP contribution in [0.3, 0.4) is 0 Å². The number of carbonyl (C=O) groups excluding carboxylic acids is 1. The molecule has 14 heavy (non-hydrogen) atoms. The number of halogens is 1. The average Bonchev–Trinajstić information content (AvgIpc) is 2.19. The molecule has 0 N–H and O–H groups in total. The van der Waals surface area contributed by atoms with Crippen LogP contribution in [0.4, 0.5) is 0 Å². The third-order valence-corrected chi connectivity index (χ3v) is 2.05. The highest BCUT2D eigenvalue weighted by atomic mass is 35.5. The van der Waals surface area contributed by atoms with Gasteiger partial charge in [-0.15, -0.1) is 11.6 Å². The van der Waals surface area contributed by atoms with Gasteiger partial charge >= 0.3 is 0 Å². The lowest BCUT2D eigenvalue weighted by molar-refractivity contribution is -0.130. The van der Waals surface area contributed by atoms with Gasteiger partial charge in [-0.05, 0) is 12.1 Å². The van der Waals surface area contributed by atoms with Crippen molar-refractivity contribution in [3.05, 3.63) is 30.1 Å². The van der Waals surface area contributed by atoms with E-state index in [0.717, 1.165) is 5.69 Å². The van der Waals surface area contributed by atoms with Crippen LogP contribution in [0.25, 0.3) is 0 Å². The molecule has 3 nitrogen and oxygen atoms in total. The average molecular weight is 213 g/mol. The molecule has 0 fully saturated rings. The Morgan fingerprint density at radius 1 is 1.57 bits per heavy atom. The first kappa shape index (κ1) is 11.0. The number of pyridine rings is 1. The molecule has 0 aliphatic heterocycles. The van der Waals surface area contributed by atoms with Gasteiger partial charge < -0.3 is 4.90 Å². The summed E-state index contributed by atoms with van der Waals surface area (Å²) in [5, 5.41) is 0. The quantitative estimate of drug-likeness (QED) is 0.712. The van der Waals surface area contributed by atoms with E-state index in [1.165, 1.54) is 0 Å². The van der Waals surface area contributed by atoms with Gasteiger partial charge in [0.15, 0.2) is 0 Å². The molecule has 0 unspecified atom stereocenters. The van der Waals surface area contributed by atoms with Crippen molar-refractivity contribution in [2.24, 2.45) is 0 Å². The topological polar surface area (TPSA) is 33.2 Å². The van der Waals surface area contributed by atoms with Crippen LogP contribution in [0.5, 0.6) is 0 Å². The molecule has 1 heterocycles. The van der Waals surface area contributed by atoms with E-state index in [0.29, 0.717) is 18.8 Å². The van der Waals surface area contributed by atoms with E-state index in [4.69, 9.17) is 11.6 Å². The highest BCUT2D eigenvalue weighted by Gasteiger charge is 2.08. The van der Waals surface area contributed by atoms with Gasteiger partial charge in [0.05, 0.1) is 12.2 Å². The maximum atomic E-state index is 11.4. The van der Waals surface area contributed by atoms with Gasteiger partial charge in [-0.1, -0.05) is 6.07 Å². The van der Waals surface area contributed by atoms with Gasteiger partial charge in [-0.3, -0.25) is 9.78 Å². The van der Waals surface area contributed by atoms with Crippen molar-refractivity contribution in [1.82, 2.24) is 9.88 Å². The van der Waals surface area contributed by atoms with Crippen molar-refractivity contribution < 1.29 is 4.79 Å². The summed E-state index contributed by atoms with van der Waals surface area (Å²) < 4.78 is 0. The van der Waals surface area contributed by atoms with Crippen LogP contribution in [-0.2, 0) is 11.3 Å². The second-order valence-corrected chi connectivity index (χ2v) is 3.39. The number of rotatable bonds is 4. The smallest absolute Gasteiger partial charge is 0.223 e. The molecule has 1 amide bonds. The molecule has 1 aromatic heterocycles. The molecule has 4 heteroatoms. The maximum Gasteiger partial charge on any atom is 0.223 e. The van der Waals surface area contributed by atoms with Crippen molar-refractivity contribution in [2.75, 3.05) is 12.9 Å². The van der Waals surface area contributed by atoms with Crippen molar-refractivity contribution in [3.63, 3.8) is 0 Å². The highest BCUT2D eigenvalue weighted by Crippen LogP contribution is 2.01. The molecule has 0 radical (unpaired) electrons. The summed E-state index contributed by atoms with van der Waals surface area (Å²) in [7, 11) is 1.75. The van der Waals surface area contributed by atoms with E-state index < -0.39 is 0 Å².